The smallest absolute Gasteiger partial charge is 0.121 e. The summed E-state index contributed by atoms with van der Waals surface area (Å²) in [5.41, 5.74) is 3.26. The lowest BCUT2D eigenvalue weighted by Gasteiger charge is -2.06. The van der Waals surface area contributed by atoms with Gasteiger partial charge in [0.15, 0.2) is 0 Å². The van der Waals surface area contributed by atoms with Gasteiger partial charge in [0.2, 0.25) is 0 Å². The number of alkyl halides is 1. The first-order valence-electron chi connectivity index (χ1n) is 5.33. The Morgan fingerprint density at radius 1 is 1.35 bits per heavy atom. The lowest BCUT2D eigenvalue weighted by atomic mass is 10.1. The molecule has 0 bridgehead atoms. The van der Waals surface area contributed by atoms with Crippen LogP contribution in [-0.4, -0.2) is 12.1 Å². The first-order valence-corrected chi connectivity index (χ1v) is 6.68. The predicted octanol–water partition coefficient (Wildman–Crippen LogP) is 4.17. The number of aryl methyl sites for hydroxylation is 2. The summed E-state index contributed by atoms with van der Waals surface area (Å²) in [4.78, 5) is 5.74. The van der Waals surface area contributed by atoms with Gasteiger partial charge in [-0.2, -0.15) is 0 Å². The van der Waals surface area contributed by atoms with E-state index >= 15 is 0 Å². The van der Waals surface area contributed by atoms with Crippen LogP contribution in [0.1, 0.15) is 15.4 Å². The summed E-state index contributed by atoms with van der Waals surface area (Å²) in [6.07, 6.45) is 0. The Morgan fingerprint density at radius 2 is 2.12 bits per heavy atom. The molecule has 0 aliphatic heterocycles. The van der Waals surface area contributed by atoms with Gasteiger partial charge in [0.05, 0.1) is 18.7 Å². The van der Waals surface area contributed by atoms with E-state index in [0.717, 1.165) is 27.6 Å². The van der Waals surface area contributed by atoms with Crippen molar-refractivity contribution >= 4 is 22.9 Å². The zero-order chi connectivity index (χ0) is 12.4. The molecule has 0 radical (unpaired) electrons. The van der Waals surface area contributed by atoms with Crippen LogP contribution in [0.4, 0.5) is 0 Å². The normalized spacial score (nSPS) is 10.6. The minimum Gasteiger partial charge on any atom is -0.496 e. The van der Waals surface area contributed by atoms with Crippen LogP contribution < -0.4 is 4.74 Å². The second kappa shape index (κ2) is 5.07. The highest BCUT2D eigenvalue weighted by molar-refractivity contribution is 7.12. The SMILES string of the molecule is COc1ccc(-c2nc(CCl)sc2C)cc1C. The van der Waals surface area contributed by atoms with Gasteiger partial charge in [-0.05, 0) is 37.6 Å². The Balaban J connectivity index is 2.45. The third-order valence-electron chi connectivity index (χ3n) is 2.62. The summed E-state index contributed by atoms with van der Waals surface area (Å²) in [6, 6.07) is 6.11. The van der Waals surface area contributed by atoms with Gasteiger partial charge in [0, 0.05) is 10.4 Å². The van der Waals surface area contributed by atoms with Gasteiger partial charge in [-0.1, -0.05) is 0 Å². The van der Waals surface area contributed by atoms with Gasteiger partial charge < -0.3 is 4.74 Å². The Kier molecular flexibility index (Phi) is 3.69. The number of ether oxygens (including phenoxy) is 1. The summed E-state index contributed by atoms with van der Waals surface area (Å²) in [5.74, 6) is 1.37. The van der Waals surface area contributed by atoms with Gasteiger partial charge in [0.1, 0.15) is 10.8 Å². The molecule has 90 valence electrons. The van der Waals surface area contributed by atoms with Gasteiger partial charge in [-0.3, -0.25) is 0 Å². The van der Waals surface area contributed by atoms with Crippen molar-refractivity contribution in [1.29, 1.82) is 0 Å². The average Bonchev–Trinajstić information content (AvgIpc) is 2.70. The van der Waals surface area contributed by atoms with E-state index in [2.05, 4.69) is 18.0 Å². The van der Waals surface area contributed by atoms with E-state index in [1.807, 2.05) is 19.1 Å². The van der Waals surface area contributed by atoms with Gasteiger partial charge in [-0.25, -0.2) is 4.98 Å². The number of hydrogen-bond acceptors (Lipinski definition) is 3. The van der Waals surface area contributed by atoms with Crippen molar-refractivity contribution in [2.45, 2.75) is 19.7 Å². The number of thiazole rings is 1. The van der Waals surface area contributed by atoms with Gasteiger partial charge in [-0.15, -0.1) is 22.9 Å². The highest BCUT2D eigenvalue weighted by Gasteiger charge is 2.10. The number of hydrogen-bond donors (Lipinski definition) is 0. The average molecular weight is 268 g/mol. The predicted molar refractivity (Wildman–Crippen MR) is 73.1 cm³/mol. The summed E-state index contributed by atoms with van der Waals surface area (Å²) >= 11 is 7.46. The maximum atomic E-state index is 5.81. The van der Waals surface area contributed by atoms with E-state index in [9.17, 15) is 0 Å². The Labute approximate surface area is 110 Å². The molecule has 0 aliphatic carbocycles. The van der Waals surface area contributed by atoms with Crippen LogP contribution in [0.3, 0.4) is 0 Å². The molecule has 1 aromatic carbocycles. The molecule has 1 heterocycles. The quantitative estimate of drug-likeness (QED) is 0.779. The van der Waals surface area contributed by atoms with Crippen LogP contribution in [0.2, 0.25) is 0 Å². The monoisotopic (exact) mass is 267 g/mol. The Bertz CT molecular complexity index is 536. The zero-order valence-corrected chi connectivity index (χ0v) is 11.7. The van der Waals surface area contributed by atoms with Crippen molar-refractivity contribution in [2.75, 3.05) is 7.11 Å². The second-order valence-electron chi connectivity index (χ2n) is 3.83. The zero-order valence-electron chi connectivity index (χ0n) is 10.1. The van der Waals surface area contributed by atoms with Crippen LogP contribution in [0, 0.1) is 13.8 Å². The van der Waals surface area contributed by atoms with Crippen LogP contribution >= 0.6 is 22.9 Å². The fraction of sp³-hybridized carbons (Fsp3) is 0.308. The molecule has 0 atom stereocenters. The molecular weight excluding hydrogens is 254 g/mol. The van der Waals surface area contributed by atoms with E-state index in [0.29, 0.717) is 5.88 Å². The minimum absolute atomic E-state index is 0.473. The molecule has 0 saturated carbocycles. The minimum atomic E-state index is 0.473. The van der Waals surface area contributed by atoms with Crippen molar-refractivity contribution < 1.29 is 4.74 Å². The maximum Gasteiger partial charge on any atom is 0.121 e. The van der Waals surface area contributed by atoms with Crippen LogP contribution in [-0.2, 0) is 5.88 Å². The number of nitrogens with zero attached hydrogens (tertiary/aromatic N) is 1. The number of rotatable bonds is 3. The van der Waals surface area contributed by atoms with E-state index in [1.165, 1.54) is 4.88 Å². The van der Waals surface area contributed by atoms with Crippen molar-refractivity contribution in [1.82, 2.24) is 4.98 Å². The summed E-state index contributed by atoms with van der Waals surface area (Å²) in [5, 5.41) is 0.965. The van der Waals surface area contributed by atoms with Crippen molar-refractivity contribution in [3.05, 3.63) is 33.6 Å². The number of halogens is 1. The molecule has 0 aliphatic rings. The third-order valence-corrected chi connectivity index (χ3v) is 4.01. The van der Waals surface area contributed by atoms with E-state index in [1.54, 1.807) is 18.4 Å². The molecule has 4 heteroatoms. The third kappa shape index (κ3) is 2.45. The lowest BCUT2D eigenvalue weighted by molar-refractivity contribution is 0.412. The fourth-order valence-corrected chi connectivity index (χ4v) is 2.83. The fourth-order valence-electron chi connectivity index (χ4n) is 1.80. The molecule has 0 N–H and O–H groups in total. The lowest BCUT2D eigenvalue weighted by Crippen LogP contribution is -1.88. The highest BCUT2D eigenvalue weighted by atomic mass is 35.5. The molecule has 17 heavy (non-hydrogen) atoms. The molecule has 0 unspecified atom stereocenters. The second-order valence-corrected chi connectivity index (χ2v) is 5.39. The summed E-state index contributed by atoms with van der Waals surface area (Å²) in [7, 11) is 1.68. The molecular formula is C13H14ClNOS. The maximum absolute atomic E-state index is 5.81. The number of aromatic nitrogens is 1. The van der Waals surface area contributed by atoms with Crippen molar-refractivity contribution in [3.8, 4) is 17.0 Å². The largest absolute Gasteiger partial charge is 0.496 e. The highest BCUT2D eigenvalue weighted by Crippen LogP contribution is 2.31. The molecule has 0 spiro atoms. The number of methoxy groups -OCH3 is 1. The Hall–Kier alpha value is -1.06. The summed E-state index contributed by atoms with van der Waals surface area (Å²) < 4.78 is 5.25. The number of benzene rings is 1. The molecule has 2 nitrogen and oxygen atoms in total. The molecule has 2 rings (SSSR count). The molecule has 1 aromatic heterocycles. The van der Waals surface area contributed by atoms with Gasteiger partial charge in [0.25, 0.3) is 0 Å². The Morgan fingerprint density at radius 3 is 2.65 bits per heavy atom. The first-order chi connectivity index (χ1) is 8.15. The molecule has 0 saturated heterocycles. The van der Waals surface area contributed by atoms with E-state index in [4.69, 9.17) is 16.3 Å². The standard InChI is InChI=1S/C13H14ClNOS/c1-8-6-10(4-5-11(8)16-3)13-9(2)17-12(7-14)15-13/h4-6H,7H2,1-3H3. The molecule has 0 fully saturated rings. The van der Waals surface area contributed by atoms with Crippen molar-refractivity contribution in [2.24, 2.45) is 0 Å². The van der Waals surface area contributed by atoms with E-state index in [-0.39, 0.29) is 0 Å². The summed E-state index contributed by atoms with van der Waals surface area (Å²) in [6.45, 7) is 4.11. The van der Waals surface area contributed by atoms with E-state index < -0.39 is 0 Å². The van der Waals surface area contributed by atoms with Crippen LogP contribution in [0.25, 0.3) is 11.3 Å². The first kappa shape index (κ1) is 12.4. The topological polar surface area (TPSA) is 22.1 Å². The van der Waals surface area contributed by atoms with Crippen LogP contribution in [0.15, 0.2) is 18.2 Å². The van der Waals surface area contributed by atoms with Gasteiger partial charge >= 0.3 is 0 Å². The van der Waals surface area contributed by atoms with Crippen LogP contribution in [0.5, 0.6) is 5.75 Å². The molecule has 0 amide bonds. The van der Waals surface area contributed by atoms with Crippen molar-refractivity contribution in [3.63, 3.8) is 0 Å². The molecule has 2 aromatic rings.